The lowest BCUT2D eigenvalue weighted by Crippen LogP contribution is -2.14. The zero-order chi connectivity index (χ0) is 16.8. The molecule has 1 saturated heterocycles. The second-order valence-corrected chi connectivity index (χ2v) is 7.13. The molecular formula is C19H23NO3S. The van der Waals surface area contributed by atoms with Crippen LogP contribution in [0.2, 0.25) is 0 Å². The standard InChI is InChI=1S/C19H23NO3S/c1-22-17-4-2-3-15(10-17)19(21)12-23-16-7-5-14(6-8-16)9-18-11-20-13-24-18/h2-8,10,18-21H,9,11-13H2,1H3. The van der Waals surface area contributed by atoms with Crippen LogP contribution >= 0.6 is 11.8 Å². The smallest absolute Gasteiger partial charge is 0.119 e. The molecule has 3 rings (SSSR count). The average Bonchev–Trinajstić information content (AvgIpc) is 3.14. The molecule has 0 radical (unpaired) electrons. The van der Waals surface area contributed by atoms with Gasteiger partial charge in [-0.3, -0.25) is 0 Å². The molecule has 1 aliphatic heterocycles. The third-order valence-corrected chi connectivity index (χ3v) is 5.24. The van der Waals surface area contributed by atoms with Gasteiger partial charge < -0.3 is 19.9 Å². The van der Waals surface area contributed by atoms with Crippen LogP contribution in [-0.2, 0) is 6.42 Å². The molecule has 2 unspecified atom stereocenters. The summed E-state index contributed by atoms with van der Waals surface area (Å²) in [6.07, 6.45) is 0.394. The van der Waals surface area contributed by atoms with Crippen molar-refractivity contribution < 1.29 is 14.6 Å². The summed E-state index contributed by atoms with van der Waals surface area (Å²) in [5, 5.41) is 14.3. The summed E-state index contributed by atoms with van der Waals surface area (Å²) in [6, 6.07) is 15.6. The van der Waals surface area contributed by atoms with Crippen LogP contribution in [-0.4, -0.2) is 36.5 Å². The van der Waals surface area contributed by atoms with Crippen molar-refractivity contribution in [1.29, 1.82) is 0 Å². The molecule has 1 aliphatic rings. The quantitative estimate of drug-likeness (QED) is 0.808. The van der Waals surface area contributed by atoms with Crippen molar-refractivity contribution in [2.75, 3.05) is 26.1 Å². The van der Waals surface area contributed by atoms with E-state index in [0.29, 0.717) is 5.25 Å². The SMILES string of the molecule is COc1cccc(C(O)COc2ccc(CC3CNCS3)cc2)c1. The third kappa shape index (κ3) is 4.66. The Labute approximate surface area is 147 Å². The highest BCUT2D eigenvalue weighted by Crippen LogP contribution is 2.23. The zero-order valence-corrected chi connectivity index (χ0v) is 14.6. The Morgan fingerprint density at radius 1 is 1.21 bits per heavy atom. The maximum Gasteiger partial charge on any atom is 0.119 e. The second-order valence-electron chi connectivity index (χ2n) is 5.84. The van der Waals surface area contributed by atoms with E-state index in [1.165, 1.54) is 5.56 Å². The minimum Gasteiger partial charge on any atom is -0.497 e. The maximum atomic E-state index is 10.3. The summed E-state index contributed by atoms with van der Waals surface area (Å²) in [7, 11) is 1.61. The van der Waals surface area contributed by atoms with Gasteiger partial charge in [0.05, 0.1) is 7.11 Å². The first-order valence-corrected chi connectivity index (χ1v) is 9.15. The van der Waals surface area contributed by atoms with Gasteiger partial charge >= 0.3 is 0 Å². The lowest BCUT2D eigenvalue weighted by molar-refractivity contribution is 0.108. The topological polar surface area (TPSA) is 50.7 Å². The molecule has 0 spiro atoms. The first kappa shape index (κ1) is 17.1. The average molecular weight is 345 g/mol. The molecule has 0 amide bonds. The molecule has 1 fully saturated rings. The molecule has 5 heteroatoms. The molecule has 0 aromatic heterocycles. The van der Waals surface area contributed by atoms with Gasteiger partial charge in [0.2, 0.25) is 0 Å². The van der Waals surface area contributed by atoms with Crippen molar-refractivity contribution in [1.82, 2.24) is 5.32 Å². The van der Waals surface area contributed by atoms with Gasteiger partial charge in [0.25, 0.3) is 0 Å². The van der Waals surface area contributed by atoms with Gasteiger partial charge in [0, 0.05) is 17.7 Å². The highest BCUT2D eigenvalue weighted by atomic mass is 32.2. The van der Waals surface area contributed by atoms with Gasteiger partial charge in [-0.2, -0.15) is 0 Å². The van der Waals surface area contributed by atoms with E-state index in [2.05, 4.69) is 17.4 Å². The van der Waals surface area contributed by atoms with E-state index in [9.17, 15) is 5.11 Å². The molecule has 2 aromatic rings. The zero-order valence-electron chi connectivity index (χ0n) is 13.8. The van der Waals surface area contributed by atoms with E-state index in [4.69, 9.17) is 9.47 Å². The van der Waals surface area contributed by atoms with Crippen LogP contribution in [0.1, 0.15) is 17.2 Å². The summed E-state index contributed by atoms with van der Waals surface area (Å²) in [5.74, 6) is 2.56. The van der Waals surface area contributed by atoms with E-state index < -0.39 is 6.10 Å². The lowest BCUT2D eigenvalue weighted by Gasteiger charge is -2.14. The fourth-order valence-electron chi connectivity index (χ4n) is 2.69. The number of rotatable bonds is 7. The van der Waals surface area contributed by atoms with Gasteiger partial charge in [-0.15, -0.1) is 11.8 Å². The third-order valence-electron chi connectivity index (χ3n) is 4.07. The van der Waals surface area contributed by atoms with Crippen molar-refractivity contribution in [3.63, 3.8) is 0 Å². The predicted molar refractivity (Wildman–Crippen MR) is 97.8 cm³/mol. The van der Waals surface area contributed by atoms with E-state index in [-0.39, 0.29) is 6.61 Å². The van der Waals surface area contributed by atoms with Crippen LogP contribution in [0, 0.1) is 0 Å². The maximum absolute atomic E-state index is 10.3. The van der Waals surface area contributed by atoms with E-state index in [0.717, 1.165) is 35.9 Å². The summed E-state index contributed by atoms with van der Waals surface area (Å²) in [4.78, 5) is 0. The van der Waals surface area contributed by atoms with Crippen LogP contribution in [0.15, 0.2) is 48.5 Å². The van der Waals surface area contributed by atoms with Crippen molar-refractivity contribution >= 4 is 11.8 Å². The summed E-state index contributed by atoms with van der Waals surface area (Å²) in [6.45, 7) is 1.30. The van der Waals surface area contributed by atoms with Crippen molar-refractivity contribution in [2.24, 2.45) is 0 Å². The Kier molecular flexibility index (Phi) is 6.01. The van der Waals surface area contributed by atoms with Crippen LogP contribution in [0.5, 0.6) is 11.5 Å². The summed E-state index contributed by atoms with van der Waals surface area (Å²) >= 11 is 1.97. The number of thioether (sulfide) groups is 1. The molecule has 0 saturated carbocycles. The van der Waals surface area contributed by atoms with Crippen LogP contribution in [0.3, 0.4) is 0 Å². The molecule has 2 atom stereocenters. The monoisotopic (exact) mass is 345 g/mol. The van der Waals surface area contributed by atoms with Gasteiger partial charge in [0.1, 0.15) is 24.2 Å². The van der Waals surface area contributed by atoms with Crippen molar-refractivity contribution in [3.05, 3.63) is 59.7 Å². The number of hydrogen-bond acceptors (Lipinski definition) is 5. The number of aliphatic hydroxyl groups excluding tert-OH is 1. The highest BCUT2D eigenvalue weighted by Gasteiger charge is 2.15. The minimum absolute atomic E-state index is 0.217. The largest absolute Gasteiger partial charge is 0.497 e. The van der Waals surface area contributed by atoms with Gasteiger partial charge in [-0.05, 0) is 41.8 Å². The first-order chi connectivity index (χ1) is 11.7. The minimum atomic E-state index is -0.680. The molecule has 0 aliphatic carbocycles. The summed E-state index contributed by atoms with van der Waals surface area (Å²) < 4.78 is 10.9. The predicted octanol–water partition coefficient (Wildman–Crippen LogP) is 3.01. The van der Waals surface area contributed by atoms with E-state index >= 15 is 0 Å². The molecule has 128 valence electrons. The number of hydrogen-bond donors (Lipinski definition) is 2. The van der Waals surface area contributed by atoms with Gasteiger partial charge in [0.15, 0.2) is 0 Å². The second kappa shape index (κ2) is 8.42. The number of ether oxygens (including phenoxy) is 2. The number of aliphatic hydroxyl groups is 1. The Morgan fingerprint density at radius 2 is 2.04 bits per heavy atom. The van der Waals surface area contributed by atoms with Crippen LogP contribution in [0.25, 0.3) is 0 Å². The number of methoxy groups -OCH3 is 1. The van der Waals surface area contributed by atoms with Crippen molar-refractivity contribution in [2.45, 2.75) is 17.8 Å². The Morgan fingerprint density at radius 3 is 2.75 bits per heavy atom. The fourth-order valence-corrected chi connectivity index (χ4v) is 3.71. The van der Waals surface area contributed by atoms with Gasteiger partial charge in [-0.25, -0.2) is 0 Å². The summed E-state index contributed by atoms with van der Waals surface area (Å²) in [5.41, 5.74) is 2.11. The van der Waals surface area contributed by atoms with Crippen LogP contribution in [0.4, 0.5) is 0 Å². The first-order valence-electron chi connectivity index (χ1n) is 8.10. The number of benzene rings is 2. The van der Waals surface area contributed by atoms with Crippen LogP contribution < -0.4 is 14.8 Å². The Bertz CT molecular complexity index is 641. The Balaban J connectivity index is 1.52. The number of nitrogens with one attached hydrogen (secondary N) is 1. The molecule has 2 aromatic carbocycles. The molecule has 4 nitrogen and oxygen atoms in total. The fraction of sp³-hybridized carbons (Fsp3) is 0.368. The Hall–Kier alpha value is -1.69. The normalized spacial score (nSPS) is 18.3. The molecule has 1 heterocycles. The van der Waals surface area contributed by atoms with Gasteiger partial charge in [-0.1, -0.05) is 24.3 Å². The van der Waals surface area contributed by atoms with E-state index in [1.807, 2.05) is 48.2 Å². The molecule has 2 N–H and O–H groups in total. The molecule has 0 bridgehead atoms. The lowest BCUT2D eigenvalue weighted by atomic mass is 10.1. The van der Waals surface area contributed by atoms with E-state index in [1.54, 1.807) is 7.11 Å². The molecule has 24 heavy (non-hydrogen) atoms. The molecular weight excluding hydrogens is 322 g/mol. The highest BCUT2D eigenvalue weighted by molar-refractivity contribution is 8.00. The van der Waals surface area contributed by atoms with Crippen molar-refractivity contribution in [3.8, 4) is 11.5 Å².